The second-order valence-corrected chi connectivity index (χ2v) is 15.0. The van der Waals surface area contributed by atoms with Gasteiger partial charge in [0, 0.05) is 40.4 Å². The van der Waals surface area contributed by atoms with Crippen LogP contribution in [0.15, 0.2) is 146 Å². The predicted octanol–water partition coefficient (Wildman–Crippen LogP) is 12.1. The van der Waals surface area contributed by atoms with Gasteiger partial charge in [-0.15, -0.1) is 0 Å². The topological polar surface area (TPSA) is 76.1 Å². The van der Waals surface area contributed by atoms with Gasteiger partial charge in [-0.25, -0.2) is 0 Å². The van der Waals surface area contributed by atoms with Crippen LogP contribution in [0, 0.1) is 0 Å². The van der Waals surface area contributed by atoms with Crippen LogP contribution in [-0.2, 0) is 26.0 Å². The van der Waals surface area contributed by atoms with Crippen molar-refractivity contribution < 1.29 is 28.4 Å². The van der Waals surface area contributed by atoms with E-state index in [2.05, 4.69) is 82.3 Å². The van der Waals surface area contributed by atoms with E-state index in [0.717, 1.165) is 107 Å². The molecule has 8 heteroatoms. The van der Waals surface area contributed by atoms with Crippen molar-refractivity contribution >= 4 is 32.7 Å². The molecule has 9 aromatic rings. The zero-order valence-electron chi connectivity index (χ0n) is 35.1. The molecule has 0 radical (unpaired) electrons. The van der Waals surface area contributed by atoms with Crippen LogP contribution in [0.1, 0.15) is 22.4 Å². The Morgan fingerprint density at radius 3 is 1.61 bits per heavy atom. The molecule has 7 aromatic carbocycles. The van der Waals surface area contributed by atoms with E-state index in [1.54, 1.807) is 35.5 Å². The van der Waals surface area contributed by atoms with Gasteiger partial charge in [0.05, 0.1) is 57.7 Å². The molecule has 0 saturated carbocycles. The summed E-state index contributed by atoms with van der Waals surface area (Å²) >= 11 is 0. The van der Waals surface area contributed by atoms with Crippen molar-refractivity contribution in [1.82, 2.24) is 9.55 Å². The van der Waals surface area contributed by atoms with Gasteiger partial charge in [0.25, 0.3) is 0 Å². The van der Waals surface area contributed by atoms with Crippen molar-refractivity contribution in [3.8, 4) is 56.8 Å². The van der Waals surface area contributed by atoms with E-state index in [9.17, 15) is 0 Å². The summed E-state index contributed by atoms with van der Waals surface area (Å²) in [6.45, 7) is 1.12. The maximum Gasteiger partial charge on any atom is 0.152 e. The van der Waals surface area contributed by atoms with E-state index in [1.165, 1.54) is 11.3 Å². The van der Waals surface area contributed by atoms with Gasteiger partial charge in [0.1, 0.15) is 35.4 Å². The molecule has 9 rings (SSSR count). The Kier molecular flexibility index (Phi) is 11.0. The van der Waals surface area contributed by atoms with Gasteiger partial charge in [0.2, 0.25) is 0 Å². The highest BCUT2D eigenvalue weighted by Gasteiger charge is 2.30. The second-order valence-electron chi connectivity index (χ2n) is 15.0. The average molecular weight is 809 g/mol. The third kappa shape index (κ3) is 7.46. The molecule has 0 fully saturated rings. The molecule has 306 valence electrons. The monoisotopic (exact) mass is 808 g/mol. The summed E-state index contributed by atoms with van der Waals surface area (Å²) in [5.41, 5.74) is 11.7. The summed E-state index contributed by atoms with van der Waals surface area (Å²) in [5, 5.41) is 3.23. The number of nitrogens with zero attached hydrogens (tertiary/aromatic N) is 1. The largest absolute Gasteiger partial charge is 0.497 e. The number of hydrogen-bond acceptors (Lipinski definition) is 6. The first-order valence-electron chi connectivity index (χ1n) is 20.4. The molecule has 8 nitrogen and oxygen atoms in total. The average Bonchev–Trinajstić information content (AvgIpc) is 3.86. The number of H-pyrrole nitrogens is 1. The van der Waals surface area contributed by atoms with Gasteiger partial charge in [0.15, 0.2) is 5.75 Å². The first-order valence-corrected chi connectivity index (χ1v) is 20.4. The van der Waals surface area contributed by atoms with Crippen LogP contribution in [0.25, 0.3) is 55.0 Å². The molecule has 0 bridgehead atoms. The lowest BCUT2D eigenvalue weighted by Crippen LogP contribution is -2.08. The van der Waals surface area contributed by atoms with E-state index >= 15 is 0 Å². The van der Waals surface area contributed by atoms with Crippen LogP contribution in [0.4, 0.5) is 0 Å². The number of ether oxygens (including phenoxy) is 6. The molecule has 2 aromatic heterocycles. The maximum absolute atomic E-state index is 6.61. The Hall–Kier alpha value is -7.32. The minimum Gasteiger partial charge on any atom is -0.497 e. The van der Waals surface area contributed by atoms with Crippen molar-refractivity contribution in [2.45, 2.75) is 26.0 Å². The lowest BCUT2D eigenvalue weighted by Gasteiger charge is -2.18. The van der Waals surface area contributed by atoms with E-state index in [-0.39, 0.29) is 0 Å². The fourth-order valence-electron chi connectivity index (χ4n) is 8.58. The molecule has 0 atom stereocenters. The molecular weight excluding hydrogens is 761 g/mol. The number of para-hydroxylation sites is 1. The van der Waals surface area contributed by atoms with Crippen LogP contribution >= 0.6 is 0 Å². The summed E-state index contributed by atoms with van der Waals surface area (Å²) in [6, 6.07) is 50.0. The molecule has 2 heterocycles. The zero-order chi connectivity index (χ0) is 41.9. The molecule has 0 unspecified atom stereocenters. The molecule has 0 spiro atoms. The van der Waals surface area contributed by atoms with Crippen molar-refractivity contribution in [1.29, 1.82) is 0 Å². The lowest BCUT2D eigenvalue weighted by atomic mass is 9.92. The number of aromatic nitrogens is 2. The number of hydrogen-bond donors (Lipinski definition) is 1. The fourth-order valence-corrected chi connectivity index (χ4v) is 8.58. The highest BCUT2D eigenvalue weighted by molar-refractivity contribution is 6.29. The molecule has 1 N–H and O–H groups in total. The number of aryl methyl sites for hydroxylation is 2. The Morgan fingerprint density at radius 2 is 1.03 bits per heavy atom. The molecule has 0 amide bonds. The van der Waals surface area contributed by atoms with Crippen molar-refractivity contribution in [2.75, 3.05) is 35.5 Å². The number of methoxy groups -OCH3 is 5. The number of fused-ring (bicyclic) bond motifs is 5. The van der Waals surface area contributed by atoms with Crippen molar-refractivity contribution in [2.24, 2.45) is 0 Å². The first kappa shape index (κ1) is 39.2. The quantitative estimate of drug-likeness (QED) is 0.111. The summed E-state index contributed by atoms with van der Waals surface area (Å²) < 4.78 is 38.2. The van der Waals surface area contributed by atoms with Crippen molar-refractivity contribution in [3.05, 3.63) is 168 Å². The van der Waals surface area contributed by atoms with E-state index < -0.39 is 0 Å². The first-order chi connectivity index (χ1) is 30.0. The summed E-state index contributed by atoms with van der Waals surface area (Å²) in [5.74, 6) is 4.73. The van der Waals surface area contributed by atoms with Gasteiger partial charge < -0.3 is 38.0 Å². The minimum atomic E-state index is 0.434. The number of benzene rings is 7. The number of rotatable bonds is 15. The van der Waals surface area contributed by atoms with Crippen LogP contribution in [0.2, 0.25) is 0 Å². The van der Waals surface area contributed by atoms with Gasteiger partial charge in [-0.3, -0.25) is 0 Å². The molecule has 0 saturated heterocycles. The minimum absolute atomic E-state index is 0.434. The Bertz CT molecular complexity index is 2930. The molecule has 61 heavy (non-hydrogen) atoms. The zero-order valence-corrected chi connectivity index (χ0v) is 35.1. The summed E-state index contributed by atoms with van der Waals surface area (Å²) in [7, 11) is 8.56. The number of aromatic amines is 1. The highest BCUT2D eigenvalue weighted by Crippen LogP contribution is 2.52. The third-order valence-corrected chi connectivity index (χ3v) is 11.6. The Labute approximate surface area is 355 Å². The van der Waals surface area contributed by atoms with Crippen LogP contribution in [0.3, 0.4) is 0 Å². The van der Waals surface area contributed by atoms with E-state index in [1.807, 2.05) is 72.8 Å². The van der Waals surface area contributed by atoms with Crippen molar-refractivity contribution in [3.63, 3.8) is 0 Å². The van der Waals surface area contributed by atoms with E-state index in [4.69, 9.17) is 28.4 Å². The molecule has 0 aliphatic rings. The Balaban J connectivity index is 1.41. The molecule has 0 aliphatic carbocycles. The van der Waals surface area contributed by atoms with Gasteiger partial charge >= 0.3 is 0 Å². The maximum atomic E-state index is 6.61. The lowest BCUT2D eigenvalue weighted by molar-refractivity contribution is 0.309. The predicted molar refractivity (Wildman–Crippen MR) is 245 cm³/mol. The van der Waals surface area contributed by atoms with E-state index in [0.29, 0.717) is 19.6 Å². The summed E-state index contributed by atoms with van der Waals surface area (Å²) in [4.78, 5) is 3.85. The third-order valence-electron chi connectivity index (χ3n) is 11.6. The smallest absolute Gasteiger partial charge is 0.152 e. The number of nitrogens with one attached hydrogen (secondary N) is 1. The molecular formula is C53H48N2O6. The fraction of sp³-hybridized carbons (Fsp3) is 0.170. The molecule has 0 aliphatic heterocycles. The van der Waals surface area contributed by atoms with Crippen LogP contribution in [0.5, 0.6) is 34.5 Å². The SMILES string of the molecule is COc1ccc(CCn2c(Cc3ccc(OC)cc3)c(-c3ccc(OC)cc3)c3c4c([nH]c5c(OCc6ccccc6)cccc54)c(OC)c(-c4ccc(OC)cc4)c32)cc1. The van der Waals surface area contributed by atoms with Gasteiger partial charge in [-0.05, 0) is 88.8 Å². The van der Waals surface area contributed by atoms with Gasteiger partial charge in [-0.1, -0.05) is 91.0 Å². The van der Waals surface area contributed by atoms with Crippen LogP contribution in [-0.4, -0.2) is 45.1 Å². The summed E-state index contributed by atoms with van der Waals surface area (Å²) in [6.07, 6.45) is 1.43. The second kappa shape index (κ2) is 17.1. The Morgan fingerprint density at radius 1 is 0.475 bits per heavy atom. The standard InChI is InChI=1S/C53H48N2O6/c1-56-39-22-14-34(15-23-39)30-31-55-44(32-35-16-24-40(57-2)25-17-35)46(37-18-26-41(58-3)27-19-37)49-48-43-12-9-13-45(61-33-36-10-7-6-8-11-36)50(43)54-51(48)53(60-5)47(52(49)55)38-20-28-42(59-4)29-21-38/h6-29,54H,30-33H2,1-5H3. The van der Waals surface area contributed by atoms with Gasteiger partial charge in [-0.2, -0.15) is 0 Å². The highest BCUT2D eigenvalue weighted by atomic mass is 16.5. The normalized spacial score (nSPS) is 11.3. The van der Waals surface area contributed by atoms with Crippen LogP contribution < -0.4 is 28.4 Å².